The Morgan fingerprint density at radius 1 is 1.37 bits per heavy atom. The van der Waals surface area contributed by atoms with Gasteiger partial charge in [-0.25, -0.2) is 14.2 Å². The number of carboxylic acids is 1. The number of carboxylic acid groups (broad SMARTS) is 1. The molecule has 0 aliphatic heterocycles. The Morgan fingerprint density at radius 3 is 2.84 bits per heavy atom. The summed E-state index contributed by atoms with van der Waals surface area (Å²) in [6.45, 7) is 2.15. The van der Waals surface area contributed by atoms with E-state index < -0.39 is 11.8 Å². The van der Waals surface area contributed by atoms with Crippen molar-refractivity contribution in [1.29, 1.82) is 0 Å². The first-order valence-electron chi connectivity index (χ1n) is 6.53. The number of fused-ring (bicyclic) bond motifs is 1. The maximum atomic E-state index is 13.5. The van der Waals surface area contributed by atoms with Gasteiger partial charge in [-0.2, -0.15) is 0 Å². The van der Waals surface area contributed by atoms with Gasteiger partial charge in [0.2, 0.25) is 0 Å². The first kappa shape index (κ1) is 13.5. The quantitative estimate of drug-likeness (QED) is 0.784. The summed E-state index contributed by atoms with van der Waals surface area (Å²) in [7, 11) is 0. The molecule has 5 heteroatoms. The van der Waals surface area contributed by atoms with Crippen LogP contribution in [0.15, 0.2) is 12.1 Å². The van der Waals surface area contributed by atoms with Crippen molar-refractivity contribution >= 4 is 17.0 Å². The van der Waals surface area contributed by atoms with Crippen LogP contribution in [0.25, 0.3) is 11.0 Å². The molecular formula is C14H17FN2O2. The van der Waals surface area contributed by atoms with Gasteiger partial charge in [0.25, 0.3) is 0 Å². The SMILES string of the molecule is CCCCCCc1nc2cc(C(=O)O)c(F)cc2[nH]1. The van der Waals surface area contributed by atoms with Gasteiger partial charge in [0, 0.05) is 12.5 Å². The van der Waals surface area contributed by atoms with Crippen molar-refractivity contribution in [3.05, 3.63) is 29.3 Å². The summed E-state index contributed by atoms with van der Waals surface area (Å²) >= 11 is 0. The van der Waals surface area contributed by atoms with Gasteiger partial charge in [0.15, 0.2) is 0 Å². The second-order valence-corrected chi connectivity index (χ2v) is 4.65. The van der Waals surface area contributed by atoms with Gasteiger partial charge in [0.1, 0.15) is 11.6 Å². The number of halogens is 1. The van der Waals surface area contributed by atoms with E-state index in [-0.39, 0.29) is 5.56 Å². The van der Waals surface area contributed by atoms with Crippen LogP contribution in [0.5, 0.6) is 0 Å². The molecule has 0 radical (unpaired) electrons. The standard InChI is InChI=1S/C14H17FN2O2/c1-2-3-4-5-6-13-16-11-7-9(14(18)19)10(15)8-12(11)17-13/h7-8H,2-6H2,1H3,(H,16,17)(H,18,19). The van der Waals surface area contributed by atoms with E-state index in [4.69, 9.17) is 5.11 Å². The number of nitrogens with zero attached hydrogens (tertiary/aromatic N) is 1. The number of nitrogens with one attached hydrogen (secondary N) is 1. The zero-order valence-electron chi connectivity index (χ0n) is 10.9. The zero-order valence-corrected chi connectivity index (χ0v) is 10.9. The molecule has 0 spiro atoms. The lowest BCUT2D eigenvalue weighted by Gasteiger charge is -1.96. The van der Waals surface area contributed by atoms with Crippen LogP contribution >= 0.6 is 0 Å². The number of aromatic amines is 1. The normalized spacial score (nSPS) is 11.1. The van der Waals surface area contributed by atoms with Gasteiger partial charge in [-0.15, -0.1) is 0 Å². The number of unbranched alkanes of at least 4 members (excludes halogenated alkanes) is 3. The highest BCUT2D eigenvalue weighted by Crippen LogP contribution is 2.18. The van der Waals surface area contributed by atoms with Gasteiger partial charge in [-0.1, -0.05) is 26.2 Å². The van der Waals surface area contributed by atoms with E-state index in [0.717, 1.165) is 25.1 Å². The average molecular weight is 264 g/mol. The Hall–Kier alpha value is -1.91. The molecule has 1 aromatic carbocycles. The average Bonchev–Trinajstić information content (AvgIpc) is 2.75. The van der Waals surface area contributed by atoms with Gasteiger partial charge >= 0.3 is 5.97 Å². The zero-order chi connectivity index (χ0) is 13.8. The van der Waals surface area contributed by atoms with Gasteiger partial charge < -0.3 is 10.1 Å². The molecule has 2 aromatic rings. The monoisotopic (exact) mass is 264 g/mol. The Bertz CT molecular complexity index is 592. The molecule has 0 amide bonds. The number of aryl methyl sites for hydroxylation is 1. The molecular weight excluding hydrogens is 247 g/mol. The molecule has 19 heavy (non-hydrogen) atoms. The van der Waals surface area contributed by atoms with Gasteiger partial charge in [-0.3, -0.25) is 0 Å². The summed E-state index contributed by atoms with van der Waals surface area (Å²) in [5.74, 6) is -1.22. The van der Waals surface area contributed by atoms with Crippen LogP contribution in [-0.4, -0.2) is 21.0 Å². The highest BCUT2D eigenvalue weighted by molar-refractivity contribution is 5.92. The number of imidazole rings is 1. The van der Waals surface area contributed by atoms with Crippen molar-refractivity contribution in [2.75, 3.05) is 0 Å². The van der Waals surface area contributed by atoms with E-state index >= 15 is 0 Å². The minimum atomic E-state index is -1.27. The highest BCUT2D eigenvalue weighted by atomic mass is 19.1. The maximum absolute atomic E-state index is 13.5. The number of aromatic carboxylic acids is 1. The third-order valence-corrected chi connectivity index (χ3v) is 3.12. The molecule has 0 saturated carbocycles. The van der Waals surface area contributed by atoms with Crippen molar-refractivity contribution < 1.29 is 14.3 Å². The third kappa shape index (κ3) is 3.10. The molecule has 1 heterocycles. The highest BCUT2D eigenvalue weighted by Gasteiger charge is 2.13. The summed E-state index contributed by atoms with van der Waals surface area (Å²) in [4.78, 5) is 18.2. The fourth-order valence-corrected chi connectivity index (χ4v) is 2.08. The van der Waals surface area contributed by atoms with Gasteiger partial charge in [-0.05, 0) is 12.5 Å². The smallest absolute Gasteiger partial charge is 0.338 e. The van der Waals surface area contributed by atoms with Crippen LogP contribution in [-0.2, 0) is 6.42 Å². The van der Waals surface area contributed by atoms with Crippen molar-refractivity contribution in [1.82, 2.24) is 9.97 Å². The molecule has 0 bridgehead atoms. The molecule has 0 fully saturated rings. The second-order valence-electron chi connectivity index (χ2n) is 4.65. The summed E-state index contributed by atoms with van der Waals surface area (Å²) in [6, 6.07) is 2.47. The Kier molecular flexibility index (Phi) is 4.14. The molecule has 0 saturated heterocycles. The van der Waals surface area contributed by atoms with Crippen molar-refractivity contribution in [3.8, 4) is 0 Å². The van der Waals surface area contributed by atoms with Crippen LogP contribution in [0, 0.1) is 5.82 Å². The summed E-state index contributed by atoms with van der Waals surface area (Å²) in [5, 5.41) is 8.85. The third-order valence-electron chi connectivity index (χ3n) is 3.12. The molecule has 1 aromatic heterocycles. The summed E-state index contributed by atoms with van der Waals surface area (Å²) in [6.07, 6.45) is 5.34. The van der Waals surface area contributed by atoms with E-state index in [1.165, 1.54) is 25.0 Å². The lowest BCUT2D eigenvalue weighted by Crippen LogP contribution is -1.99. The molecule has 0 aliphatic rings. The molecule has 0 aliphatic carbocycles. The number of benzene rings is 1. The van der Waals surface area contributed by atoms with E-state index in [2.05, 4.69) is 16.9 Å². The van der Waals surface area contributed by atoms with E-state index in [0.29, 0.717) is 11.0 Å². The van der Waals surface area contributed by atoms with E-state index in [9.17, 15) is 9.18 Å². The van der Waals surface area contributed by atoms with Crippen molar-refractivity contribution in [2.24, 2.45) is 0 Å². The van der Waals surface area contributed by atoms with Crippen molar-refractivity contribution in [3.63, 3.8) is 0 Å². The van der Waals surface area contributed by atoms with E-state index in [1.807, 2.05) is 0 Å². The Labute approximate surface area is 110 Å². The molecule has 0 unspecified atom stereocenters. The second kappa shape index (κ2) is 5.82. The Morgan fingerprint density at radius 2 is 2.16 bits per heavy atom. The number of hydrogen-bond acceptors (Lipinski definition) is 2. The summed E-state index contributed by atoms with van der Waals surface area (Å²) < 4.78 is 13.5. The molecule has 2 rings (SSSR count). The minimum Gasteiger partial charge on any atom is -0.478 e. The summed E-state index contributed by atoms with van der Waals surface area (Å²) in [5.41, 5.74) is 0.716. The van der Waals surface area contributed by atoms with Crippen LogP contribution in [0.2, 0.25) is 0 Å². The number of rotatable bonds is 6. The number of H-pyrrole nitrogens is 1. The van der Waals surface area contributed by atoms with Crippen LogP contribution < -0.4 is 0 Å². The lowest BCUT2D eigenvalue weighted by molar-refractivity contribution is 0.0692. The first-order chi connectivity index (χ1) is 9.11. The van der Waals surface area contributed by atoms with Crippen LogP contribution in [0.1, 0.15) is 48.8 Å². The topological polar surface area (TPSA) is 66.0 Å². The van der Waals surface area contributed by atoms with Gasteiger partial charge in [0.05, 0.1) is 16.6 Å². The lowest BCUT2D eigenvalue weighted by atomic mass is 10.1. The minimum absolute atomic E-state index is 0.337. The number of aromatic nitrogens is 2. The number of carbonyl (C=O) groups is 1. The Balaban J connectivity index is 2.18. The van der Waals surface area contributed by atoms with E-state index in [1.54, 1.807) is 0 Å². The fourth-order valence-electron chi connectivity index (χ4n) is 2.08. The fraction of sp³-hybridized carbons (Fsp3) is 0.429. The first-order valence-corrected chi connectivity index (χ1v) is 6.53. The number of hydrogen-bond donors (Lipinski definition) is 2. The maximum Gasteiger partial charge on any atom is 0.338 e. The molecule has 2 N–H and O–H groups in total. The molecule has 0 atom stereocenters. The predicted octanol–water partition coefficient (Wildman–Crippen LogP) is 3.52. The largest absolute Gasteiger partial charge is 0.478 e. The molecule has 102 valence electrons. The predicted molar refractivity (Wildman–Crippen MR) is 70.9 cm³/mol. The van der Waals surface area contributed by atoms with Crippen LogP contribution in [0.4, 0.5) is 4.39 Å². The molecule has 4 nitrogen and oxygen atoms in total. The van der Waals surface area contributed by atoms with Crippen LogP contribution in [0.3, 0.4) is 0 Å². The van der Waals surface area contributed by atoms with Crippen molar-refractivity contribution in [2.45, 2.75) is 39.0 Å².